The second kappa shape index (κ2) is 6.39. The highest BCUT2D eigenvalue weighted by Crippen LogP contribution is 2.36. The molecular formula is C20H25N3O2. The third kappa shape index (κ3) is 3.26. The molecule has 0 spiro atoms. The summed E-state index contributed by atoms with van der Waals surface area (Å²) in [5.74, 6) is 1.89. The van der Waals surface area contributed by atoms with Crippen LogP contribution in [-0.2, 0) is 0 Å². The highest BCUT2D eigenvalue weighted by molar-refractivity contribution is 5.60. The summed E-state index contributed by atoms with van der Waals surface area (Å²) >= 11 is 0. The van der Waals surface area contributed by atoms with E-state index in [9.17, 15) is 5.11 Å². The number of hydrogen-bond acceptors (Lipinski definition) is 5. The van der Waals surface area contributed by atoms with Gasteiger partial charge in [0.25, 0.3) is 0 Å². The van der Waals surface area contributed by atoms with Crippen molar-refractivity contribution >= 4 is 6.08 Å². The van der Waals surface area contributed by atoms with Crippen molar-refractivity contribution in [3.63, 3.8) is 0 Å². The molecule has 1 aromatic carbocycles. The summed E-state index contributed by atoms with van der Waals surface area (Å²) in [4.78, 5) is 6.78. The Morgan fingerprint density at radius 1 is 1.24 bits per heavy atom. The van der Waals surface area contributed by atoms with Crippen LogP contribution in [0.2, 0.25) is 0 Å². The van der Waals surface area contributed by atoms with E-state index in [0.717, 1.165) is 43.6 Å². The van der Waals surface area contributed by atoms with E-state index in [1.54, 1.807) is 0 Å². The van der Waals surface area contributed by atoms with Crippen LogP contribution in [0.4, 0.5) is 0 Å². The second-order valence-corrected chi connectivity index (χ2v) is 7.61. The topological polar surface area (TPSA) is 62.4 Å². The lowest BCUT2D eigenvalue weighted by Crippen LogP contribution is -2.58. The maximum atomic E-state index is 10.9. The summed E-state index contributed by atoms with van der Waals surface area (Å²) in [5.41, 5.74) is 1.32. The summed E-state index contributed by atoms with van der Waals surface area (Å²) in [6.45, 7) is 7.07. The van der Waals surface area contributed by atoms with Gasteiger partial charge in [-0.2, -0.15) is 4.98 Å². The lowest BCUT2D eigenvalue weighted by atomic mass is 9.75. The summed E-state index contributed by atoms with van der Waals surface area (Å²) in [6.07, 6.45) is 6.20. The van der Waals surface area contributed by atoms with E-state index in [0.29, 0.717) is 17.6 Å². The Bertz CT molecular complexity index is 758. The summed E-state index contributed by atoms with van der Waals surface area (Å²) in [6, 6.07) is 8.05. The molecule has 3 aliphatic rings. The van der Waals surface area contributed by atoms with E-state index in [4.69, 9.17) is 4.52 Å². The minimum Gasteiger partial charge on any atom is -0.384 e. The molecule has 1 N–H and O–H groups in total. The zero-order chi connectivity index (χ0) is 17.4. The summed E-state index contributed by atoms with van der Waals surface area (Å²) in [7, 11) is 0. The van der Waals surface area contributed by atoms with Crippen LogP contribution in [0, 0.1) is 5.92 Å². The van der Waals surface area contributed by atoms with Crippen molar-refractivity contribution in [3.05, 3.63) is 41.8 Å². The first-order valence-electron chi connectivity index (χ1n) is 9.11. The number of fused-ring (bicyclic) bond motifs is 3. The van der Waals surface area contributed by atoms with Gasteiger partial charge in [0.2, 0.25) is 11.7 Å². The predicted molar refractivity (Wildman–Crippen MR) is 97.0 cm³/mol. The van der Waals surface area contributed by atoms with Gasteiger partial charge in [0.05, 0.1) is 5.60 Å². The summed E-state index contributed by atoms with van der Waals surface area (Å²) in [5, 5.41) is 15.0. The monoisotopic (exact) mass is 339 g/mol. The molecule has 5 rings (SSSR count). The molecule has 3 fully saturated rings. The highest BCUT2D eigenvalue weighted by atomic mass is 16.5. The molecule has 4 heterocycles. The standard InChI is InChI=1S/C20H25N3O2/c1-14(2)19-21-18(22-25-19)16-5-3-15(4-6-16)7-10-20(24)13-23-11-8-17(20)9-12-23/h3-7,10,14,17,24H,8-9,11-13H2,1-2H3/b10-7+. The Labute approximate surface area is 148 Å². The van der Waals surface area contributed by atoms with Crippen LogP contribution in [0.25, 0.3) is 17.5 Å². The molecule has 2 bridgehead atoms. The van der Waals surface area contributed by atoms with Gasteiger partial charge in [-0.3, -0.25) is 0 Å². The van der Waals surface area contributed by atoms with E-state index in [1.807, 2.05) is 50.3 Å². The molecule has 1 aromatic heterocycles. The van der Waals surface area contributed by atoms with Gasteiger partial charge in [-0.1, -0.05) is 55.4 Å². The van der Waals surface area contributed by atoms with Gasteiger partial charge in [-0.05, 0) is 37.4 Å². The van der Waals surface area contributed by atoms with Gasteiger partial charge in [0.1, 0.15) is 0 Å². The molecule has 5 heteroatoms. The molecule has 0 radical (unpaired) electrons. The molecule has 2 aromatic rings. The largest absolute Gasteiger partial charge is 0.384 e. The Morgan fingerprint density at radius 3 is 2.52 bits per heavy atom. The SMILES string of the molecule is CC(C)c1nc(-c2ccc(/C=C/C3(O)CN4CCC3CC4)cc2)no1. The normalized spacial score (nSPS) is 29.0. The molecule has 1 unspecified atom stereocenters. The van der Waals surface area contributed by atoms with E-state index in [-0.39, 0.29) is 5.92 Å². The van der Waals surface area contributed by atoms with E-state index in [1.165, 1.54) is 0 Å². The van der Waals surface area contributed by atoms with E-state index in [2.05, 4.69) is 15.0 Å². The van der Waals surface area contributed by atoms with Crippen LogP contribution < -0.4 is 0 Å². The maximum Gasteiger partial charge on any atom is 0.229 e. The van der Waals surface area contributed by atoms with Crippen LogP contribution in [-0.4, -0.2) is 45.4 Å². The molecule has 0 amide bonds. The number of aliphatic hydroxyl groups is 1. The van der Waals surface area contributed by atoms with Gasteiger partial charge in [0.15, 0.2) is 0 Å². The Kier molecular flexibility index (Phi) is 4.21. The van der Waals surface area contributed by atoms with Crippen molar-refractivity contribution in [3.8, 4) is 11.4 Å². The molecule has 25 heavy (non-hydrogen) atoms. The third-order valence-corrected chi connectivity index (χ3v) is 5.44. The molecule has 0 aliphatic carbocycles. The molecule has 3 saturated heterocycles. The Hall–Kier alpha value is -1.98. The molecule has 5 nitrogen and oxygen atoms in total. The van der Waals surface area contributed by atoms with Gasteiger partial charge >= 0.3 is 0 Å². The van der Waals surface area contributed by atoms with E-state index < -0.39 is 5.60 Å². The predicted octanol–water partition coefficient (Wildman–Crippen LogP) is 3.33. The molecular weight excluding hydrogens is 314 g/mol. The van der Waals surface area contributed by atoms with Crippen molar-refractivity contribution in [2.75, 3.05) is 19.6 Å². The number of benzene rings is 1. The Balaban J connectivity index is 1.48. The van der Waals surface area contributed by atoms with Gasteiger partial charge in [-0.25, -0.2) is 0 Å². The van der Waals surface area contributed by atoms with Crippen molar-refractivity contribution in [1.29, 1.82) is 0 Å². The van der Waals surface area contributed by atoms with Crippen LogP contribution in [0.3, 0.4) is 0 Å². The van der Waals surface area contributed by atoms with Crippen molar-refractivity contribution in [2.45, 2.75) is 38.2 Å². The number of aromatic nitrogens is 2. The first-order chi connectivity index (χ1) is 12.0. The fourth-order valence-electron chi connectivity index (χ4n) is 3.84. The minimum absolute atomic E-state index is 0.228. The molecule has 1 atom stereocenters. The number of hydrogen-bond donors (Lipinski definition) is 1. The van der Waals surface area contributed by atoms with Crippen LogP contribution in [0.5, 0.6) is 0 Å². The lowest BCUT2D eigenvalue weighted by molar-refractivity contribution is -0.0775. The third-order valence-electron chi connectivity index (χ3n) is 5.44. The van der Waals surface area contributed by atoms with Crippen molar-refractivity contribution < 1.29 is 9.63 Å². The van der Waals surface area contributed by atoms with Crippen molar-refractivity contribution in [1.82, 2.24) is 15.0 Å². The zero-order valence-corrected chi connectivity index (χ0v) is 14.9. The number of nitrogens with zero attached hydrogens (tertiary/aromatic N) is 3. The van der Waals surface area contributed by atoms with Crippen LogP contribution >= 0.6 is 0 Å². The molecule has 132 valence electrons. The smallest absolute Gasteiger partial charge is 0.229 e. The lowest BCUT2D eigenvalue weighted by Gasteiger charge is -2.49. The fourth-order valence-corrected chi connectivity index (χ4v) is 3.84. The second-order valence-electron chi connectivity index (χ2n) is 7.61. The van der Waals surface area contributed by atoms with Crippen LogP contribution in [0.15, 0.2) is 34.9 Å². The first-order valence-corrected chi connectivity index (χ1v) is 9.11. The number of piperidine rings is 3. The van der Waals surface area contributed by atoms with Gasteiger partial charge < -0.3 is 14.5 Å². The quantitative estimate of drug-likeness (QED) is 0.926. The van der Waals surface area contributed by atoms with Crippen LogP contribution in [0.1, 0.15) is 44.1 Å². The average Bonchev–Trinajstić information content (AvgIpc) is 3.12. The first kappa shape index (κ1) is 16.5. The molecule has 3 aliphatic heterocycles. The fraction of sp³-hybridized carbons (Fsp3) is 0.500. The van der Waals surface area contributed by atoms with Crippen molar-refractivity contribution in [2.24, 2.45) is 5.92 Å². The zero-order valence-electron chi connectivity index (χ0n) is 14.9. The average molecular weight is 339 g/mol. The van der Waals surface area contributed by atoms with E-state index >= 15 is 0 Å². The Morgan fingerprint density at radius 2 is 1.96 bits per heavy atom. The minimum atomic E-state index is -0.686. The molecule has 0 saturated carbocycles. The number of rotatable bonds is 4. The highest BCUT2D eigenvalue weighted by Gasteiger charge is 2.43. The van der Waals surface area contributed by atoms with Gasteiger partial charge in [0, 0.05) is 18.0 Å². The maximum absolute atomic E-state index is 10.9. The van der Waals surface area contributed by atoms with Gasteiger partial charge in [-0.15, -0.1) is 0 Å². The summed E-state index contributed by atoms with van der Waals surface area (Å²) < 4.78 is 5.27.